The summed E-state index contributed by atoms with van der Waals surface area (Å²) in [5, 5.41) is 2.99. The largest absolute Gasteiger partial charge is 0.347 e. The zero-order valence-electron chi connectivity index (χ0n) is 13.4. The molecule has 0 saturated heterocycles. The third-order valence-electron chi connectivity index (χ3n) is 3.70. The van der Waals surface area contributed by atoms with Gasteiger partial charge in [-0.05, 0) is 17.5 Å². The van der Waals surface area contributed by atoms with E-state index in [0.717, 1.165) is 30.5 Å². The van der Waals surface area contributed by atoms with Crippen molar-refractivity contribution in [3.8, 4) is 0 Å². The second-order valence-electron chi connectivity index (χ2n) is 5.41. The Kier molecular flexibility index (Phi) is 5.53. The average Bonchev–Trinajstić information content (AvgIpc) is 2.92. The molecule has 1 aromatic heterocycles. The van der Waals surface area contributed by atoms with Crippen LogP contribution in [-0.2, 0) is 20.1 Å². The SMILES string of the molecule is C=Cc1ccc(CNC(=O)c2n(CCCC)cc[n+]2C)cc1. The van der Waals surface area contributed by atoms with Gasteiger partial charge in [-0.15, -0.1) is 0 Å². The molecule has 0 aliphatic carbocycles. The number of carbonyl (C=O) groups excluding carboxylic acids is 1. The predicted molar refractivity (Wildman–Crippen MR) is 88.2 cm³/mol. The van der Waals surface area contributed by atoms with E-state index in [2.05, 4.69) is 18.8 Å². The number of unbranched alkanes of at least 4 members (excludes halogenated alkanes) is 1. The fraction of sp³-hybridized carbons (Fsp3) is 0.333. The molecule has 0 saturated carbocycles. The van der Waals surface area contributed by atoms with E-state index in [1.165, 1.54) is 0 Å². The van der Waals surface area contributed by atoms with Gasteiger partial charge in [0.1, 0.15) is 12.4 Å². The number of carbonyl (C=O) groups is 1. The molecule has 2 aromatic rings. The van der Waals surface area contributed by atoms with Gasteiger partial charge in [-0.2, -0.15) is 0 Å². The maximum Gasteiger partial charge on any atom is 0.347 e. The molecule has 0 aliphatic rings. The van der Waals surface area contributed by atoms with Gasteiger partial charge in [0.15, 0.2) is 0 Å². The Labute approximate surface area is 132 Å². The summed E-state index contributed by atoms with van der Waals surface area (Å²) >= 11 is 0. The van der Waals surface area contributed by atoms with E-state index in [0.29, 0.717) is 12.4 Å². The standard InChI is InChI=1S/C18H23N3O/c1-4-6-11-21-13-12-20(3)18(21)17(22)19-14-16-9-7-15(5-2)8-10-16/h5,7-10,12-13H,2,4,6,11,14H2,1,3H3/p+1. The van der Waals surface area contributed by atoms with Gasteiger partial charge >= 0.3 is 11.7 Å². The highest BCUT2D eigenvalue weighted by Crippen LogP contribution is 2.06. The van der Waals surface area contributed by atoms with Gasteiger partial charge < -0.3 is 5.32 Å². The molecule has 2 rings (SSSR count). The Bertz CT molecular complexity index is 641. The minimum Gasteiger partial charge on any atom is -0.341 e. The molecule has 4 nitrogen and oxygen atoms in total. The van der Waals surface area contributed by atoms with Crippen LogP contribution in [0.3, 0.4) is 0 Å². The third-order valence-corrected chi connectivity index (χ3v) is 3.70. The first-order valence-corrected chi connectivity index (χ1v) is 7.70. The molecule has 22 heavy (non-hydrogen) atoms. The lowest BCUT2D eigenvalue weighted by molar-refractivity contribution is -0.673. The molecule has 1 heterocycles. The van der Waals surface area contributed by atoms with Crippen LogP contribution < -0.4 is 9.88 Å². The summed E-state index contributed by atoms with van der Waals surface area (Å²) in [6.45, 7) is 7.28. The van der Waals surface area contributed by atoms with Crippen molar-refractivity contribution in [3.05, 3.63) is 60.2 Å². The number of aryl methyl sites for hydroxylation is 2. The Balaban J connectivity index is 2.02. The van der Waals surface area contributed by atoms with E-state index in [9.17, 15) is 4.79 Å². The van der Waals surface area contributed by atoms with Crippen molar-refractivity contribution in [2.45, 2.75) is 32.9 Å². The Morgan fingerprint density at radius 2 is 2.09 bits per heavy atom. The molecule has 0 aliphatic heterocycles. The number of imidazole rings is 1. The third kappa shape index (κ3) is 3.85. The quantitative estimate of drug-likeness (QED) is 0.784. The predicted octanol–water partition coefficient (Wildman–Crippen LogP) is 2.69. The molecule has 0 radical (unpaired) electrons. The van der Waals surface area contributed by atoms with Gasteiger partial charge in [0.2, 0.25) is 0 Å². The molecule has 0 unspecified atom stereocenters. The first-order valence-electron chi connectivity index (χ1n) is 7.70. The van der Waals surface area contributed by atoms with E-state index in [-0.39, 0.29) is 5.91 Å². The summed E-state index contributed by atoms with van der Waals surface area (Å²) in [5.74, 6) is 0.646. The van der Waals surface area contributed by atoms with E-state index in [4.69, 9.17) is 0 Å². The molecule has 0 atom stereocenters. The van der Waals surface area contributed by atoms with E-state index in [1.54, 1.807) is 0 Å². The number of aromatic nitrogens is 2. The lowest BCUT2D eigenvalue weighted by Gasteiger charge is -2.05. The maximum atomic E-state index is 12.4. The number of hydrogen-bond acceptors (Lipinski definition) is 1. The van der Waals surface area contributed by atoms with Crippen LogP contribution in [0.1, 0.15) is 41.5 Å². The Hall–Kier alpha value is -2.36. The lowest BCUT2D eigenvalue weighted by atomic mass is 10.1. The van der Waals surface area contributed by atoms with Crippen LogP contribution in [0.2, 0.25) is 0 Å². The zero-order valence-corrected chi connectivity index (χ0v) is 13.4. The maximum absolute atomic E-state index is 12.4. The van der Waals surface area contributed by atoms with Crippen LogP contribution >= 0.6 is 0 Å². The fourth-order valence-corrected chi connectivity index (χ4v) is 2.36. The number of amides is 1. The van der Waals surface area contributed by atoms with Crippen molar-refractivity contribution in [3.63, 3.8) is 0 Å². The second kappa shape index (κ2) is 7.59. The van der Waals surface area contributed by atoms with Crippen LogP contribution in [0.25, 0.3) is 6.08 Å². The molecule has 1 amide bonds. The first-order chi connectivity index (χ1) is 10.7. The molecular formula is C18H24N3O+. The topological polar surface area (TPSA) is 37.9 Å². The summed E-state index contributed by atoms with van der Waals surface area (Å²) in [4.78, 5) is 12.4. The monoisotopic (exact) mass is 298 g/mol. The van der Waals surface area contributed by atoms with Crippen molar-refractivity contribution in [1.82, 2.24) is 9.88 Å². The summed E-state index contributed by atoms with van der Waals surface area (Å²) in [5.41, 5.74) is 2.16. The molecule has 4 heteroatoms. The van der Waals surface area contributed by atoms with E-state index >= 15 is 0 Å². The van der Waals surface area contributed by atoms with Crippen molar-refractivity contribution in [2.24, 2.45) is 7.05 Å². The van der Waals surface area contributed by atoms with E-state index < -0.39 is 0 Å². The smallest absolute Gasteiger partial charge is 0.341 e. The second-order valence-corrected chi connectivity index (χ2v) is 5.41. The van der Waals surface area contributed by atoms with Crippen LogP contribution in [0, 0.1) is 0 Å². The summed E-state index contributed by atoms with van der Waals surface area (Å²) in [6, 6.07) is 8.01. The number of benzene rings is 1. The molecule has 1 aromatic carbocycles. The molecule has 0 bridgehead atoms. The lowest BCUT2D eigenvalue weighted by Crippen LogP contribution is -2.40. The van der Waals surface area contributed by atoms with Crippen molar-refractivity contribution < 1.29 is 9.36 Å². The van der Waals surface area contributed by atoms with Crippen molar-refractivity contribution in [2.75, 3.05) is 0 Å². The van der Waals surface area contributed by atoms with Crippen LogP contribution in [0.4, 0.5) is 0 Å². The van der Waals surface area contributed by atoms with E-state index in [1.807, 2.05) is 58.9 Å². The number of hydrogen-bond donors (Lipinski definition) is 1. The van der Waals surface area contributed by atoms with Gasteiger partial charge in [0.05, 0.1) is 13.6 Å². The Morgan fingerprint density at radius 1 is 1.36 bits per heavy atom. The Morgan fingerprint density at radius 3 is 2.73 bits per heavy atom. The zero-order chi connectivity index (χ0) is 15.9. The van der Waals surface area contributed by atoms with Gasteiger partial charge in [0.25, 0.3) is 0 Å². The fourth-order valence-electron chi connectivity index (χ4n) is 2.36. The van der Waals surface area contributed by atoms with Gasteiger partial charge in [-0.25, -0.2) is 9.13 Å². The summed E-state index contributed by atoms with van der Waals surface area (Å²) in [6.07, 6.45) is 7.87. The normalized spacial score (nSPS) is 10.5. The first kappa shape index (κ1) is 16.0. The highest BCUT2D eigenvalue weighted by Gasteiger charge is 2.22. The van der Waals surface area contributed by atoms with Gasteiger partial charge in [0, 0.05) is 6.54 Å². The average molecular weight is 298 g/mol. The number of nitrogens with zero attached hydrogens (tertiary/aromatic N) is 2. The van der Waals surface area contributed by atoms with Crippen LogP contribution in [0.15, 0.2) is 43.2 Å². The molecule has 0 fully saturated rings. The van der Waals surface area contributed by atoms with Crippen LogP contribution in [0.5, 0.6) is 0 Å². The van der Waals surface area contributed by atoms with Crippen LogP contribution in [-0.4, -0.2) is 10.5 Å². The van der Waals surface area contributed by atoms with Crippen molar-refractivity contribution in [1.29, 1.82) is 0 Å². The van der Waals surface area contributed by atoms with Gasteiger partial charge in [-0.1, -0.05) is 50.3 Å². The number of nitrogens with one attached hydrogen (secondary N) is 1. The molecule has 116 valence electrons. The van der Waals surface area contributed by atoms with Crippen molar-refractivity contribution >= 4 is 12.0 Å². The summed E-state index contributed by atoms with van der Waals surface area (Å²) in [7, 11) is 1.90. The minimum atomic E-state index is -0.0450. The molecular weight excluding hydrogens is 274 g/mol. The molecule has 1 N–H and O–H groups in total. The highest BCUT2D eigenvalue weighted by molar-refractivity contribution is 5.89. The highest BCUT2D eigenvalue weighted by atomic mass is 16.2. The minimum absolute atomic E-state index is 0.0450. The molecule has 0 spiro atoms. The van der Waals surface area contributed by atoms with Gasteiger partial charge in [-0.3, -0.25) is 4.79 Å². The number of rotatable bonds is 7. The summed E-state index contributed by atoms with van der Waals surface area (Å²) < 4.78 is 3.88.